The molecule has 3 N–H and O–H groups in total. The van der Waals surface area contributed by atoms with Crippen LogP contribution in [0.1, 0.15) is 13.8 Å². The summed E-state index contributed by atoms with van der Waals surface area (Å²) in [5.41, 5.74) is 1.14. The third kappa shape index (κ3) is 6.73. The average Bonchev–Trinajstić information content (AvgIpc) is 2.54. The van der Waals surface area contributed by atoms with Crippen LogP contribution in [0.3, 0.4) is 0 Å². The number of carbonyl (C=O) groups excluding carboxylic acids is 2. The number of carbonyl (C=O) groups is 2. The molecule has 0 radical (unpaired) electrons. The molecule has 2 aromatic rings. The maximum absolute atomic E-state index is 12.0. The van der Waals surface area contributed by atoms with Crippen LogP contribution < -0.4 is 20.7 Å². The number of hydrogen-bond acceptors (Lipinski definition) is 3. The van der Waals surface area contributed by atoms with E-state index in [1.54, 1.807) is 48.5 Å². The van der Waals surface area contributed by atoms with Crippen molar-refractivity contribution in [3.63, 3.8) is 0 Å². The number of ether oxygens (including phenoxy) is 1. The van der Waals surface area contributed by atoms with Crippen LogP contribution >= 0.6 is 11.6 Å². The van der Waals surface area contributed by atoms with Gasteiger partial charge in [0.15, 0.2) is 6.61 Å². The van der Waals surface area contributed by atoms with E-state index in [1.807, 2.05) is 13.8 Å². The number of anilines is 2. The standard InChI is InChI=1S/C18H20ClN3O3/c1-12(2)20-18(24)22-15-5-3-4-14(10-15)21-17(23)11-25-16-8-6-13(19)7-9-16/h3-10,12H,11H2,1-2H3,(H,21,23)(H2,20,22,24). The summed E-state index contributed by atoms with van der Waals surface area (Å²) in [6.45, 7) is 3.61. The SMILES string of the molecule is CC(C)NC(=O)Nc1cccc(NC(=O)COc2ccc(Cl)cc2)c1. The van der Waals surface area contributed by atoms with Crippen LogP contribution in [0.5, 0.6) is 5.75 Å². The van der Waals surface area contributed by atoms with Gasteiger partial charge in [-0.2, -0.15) is 0 Å². The van der Waals surface area contributed by atoms with Gasteiger partial charge in [-0.05, 0) is 56.3 Å². The average molecular weight is 362 g/mol. The molecule has 0 aliphatic heterocycles. The number of benzene rings is 2. The van der Waals surface area contributed by atoms with Gasteiger partial charge in [0.1, 0.15) is 5.75 Å². The Balaban J connectivity index is 1.86. The van der Waals surface area contributed by atoms with Crippen LogP contribution in [0.15, 0.2) is 48.5 Å². The van der Waals surface area contributed by atoms with Crippen LogP contribution in [0.2, 0.25) is 5.02 Å². The molecule has 0 saturated carbocycles. The Morgan fingerprint density at radius 3 is 2.32 bits per heavy atom. The molecular weight excluding hydrogens is 342 g/mol. The highest BCUT2D eigenvalue weighted by atomic mass is 35.5. The Labute approximate surface area is 151 Å². The van der Waals surface area contributed by atoms with E-state index in [9.17, 15) is 9.59 Å². The summed E-state index contributed by atoms with van der Waals surface area (Å²) in [6, 6.07) is 13.4. The molecule has 2 aromatic carbocycles. The lowest BCUT2D eigenvalue weighted by Gasteiger charge is -2.12. The largest absolute Gasteiger partial charge is 0.484 e. The predicted octanol–water partition coefficient (Wildman–Crippen LogP) is 3.89. The van der Waals surface area contributed by atoms with Crippen molar-refractivity contribution < 1.29 is 14.3 Å². The van der Waals surface area contributed by atoms with Crippen LogP contribution in [-0.4, -0.2) is 24.6 Å². The normalized spacial score (nSPS) is 10.2. The second-order valence-corrected chi connectivity index (χ2v) is 6.06. The molecule has 0 atom stereocenters. The highest BCUT2D eigenvalue weighted by molar-refractivity contribution is 6.30. The van der Waals surface area contributed by atoms with Gasteiger partial charge in [-0.1, -0.05) is 17.7 Å². The lowest BCUT2D eigenvalue weighted by atomic mass is 10.2. The van der Waals surface area contributed by atoms with Gasteiger partial charge in [-0.15, -0.1) is 0 Å². The second-order valence-electron chi connectivity index (χ2n) is 5.62. The third-order valence-electron chi connectivity index (χ3n) is 3.01. The first-order valence-corrected chi connectivity index (χ1v) is 8.16. The second kappa shape index (κ2) is 8.94. The summed E-state index contributed by atoms with van der Waals surface area (Å²) in [7, 11) is 0. The van der Waals surface area contributed by atoms with Gasteiger partial charge in [0.05, 0.1) is 0 Å². The Bertz CT molecular complexity index is 733. The Hall–Kier alpha value is -2.73. The predicted molar refractivity (Wildman–Crippen MR) is 99.3 cm³/mol. The molecule has 0 aliphatic carbocycles. The molecule has 0 fully saturated rings. The molecule has 0 bridgehead atoms. The maximum atomic E-state index is 12.0. The van der Waals surface area contributed by atoms with Gasteiger partial charge in [0, 0.05) is 22.4 Å². The lowest BCUT2D eigenvalue weighted by Crippen LogP contribution is -2.34. The molecular formula is C18H20ClN3O3. The zero-order valence-electron chi connectivity index (χ0n) is 14.0. The minimum absolute atomic E-state index is 0.0351. The van der Waals surface area contributed by atoms with Crippen molar-refractivity contribution in [1.29, 1.82) is 0 Å². The number of halogens is 1. The highest BCUT2D eigenvalue weighted by Crippen LogP contribution is 2.17. The van der Waals surface area contributed by atoms with E-state index in [0.717, 1.165) is 0 Å². The molecule has 132 valence electrons. The molecule has 7 heteroatoms. The summed E-state index contributed by atoms with van der Waals surface area (Å²) in [4.78, 5) is 23.7. The fraction of sp³-hybridized carbons (Fsp3) is 0.222. The zero-order valence-corrected chi connectivity index (χ0v) is 14.8. The van der Waals surface area contributed by atoms with Gasteiger partial charge >= 0.3 is 6.03 Å². The molecule has 0 spiro atoms. The van der Waals surface area contributed by atoms with Crippen LogP contribution in [0.4, 0.5) is 16.2 Å². The fourth-order valence-corrected chi connectivity index (χ4v) is 2.11. The minimum Gasteiger partial charge on any atom is -0.484 e. The van der Waals surface area contributed by atoms with Crippen molar-refractivity contribution in [3.8, 4) is 5.75 Å². The number of nitrogens with one attached hydrogen (secondary N) is 3. The topological polar surface area (TPSA) is 79.5 Å². The summed E-state index contributed by atoms with van der Waals surface area (Å²) in [6.07, 6.45) is 0. The van der Waals surface area contributed by atoms with Crippen LogP contribution in [-0.2, 0) is 4.79 Å². The van der Waals surface area contributed by atoms with Crippen molar-refractivity contribution in [1.82, 2.24) is 5.32 Å². The van der Waals surface area contributed by atoms with Gasteiger partial charge < -0.3 is 20.7 Å². The highest BCUT2D eigenvalue weighted by Gasteiger charge is 2.07. The molecule has 25 heavy (non-hydrogen) atoms. The number of rotatable bonds is 6. The van der Waals surface area contributed by atoms with Crippen LogP contribution in [0, 0.1) is 0 Å². The quantitative estimate of drug-likeness (QED) is 0.730. The first-order valence-electron chi connectivity index (χ1n) is 7.78. The first kappa shape index (κ1) is 18.6. The van der Waals surface area contributed by atoms with E-state index in [-0.39, 0.29) is 24.6 Å². The van der Waals surface area contributed by atoms with Crippen molar-refractivity contribution >= 4 is 34.9 Å². The number of amides is 3. The number of hydrogen-bond donors (Lipinski definition) is 3. The van der Waals surface area contributed by atoms with E-state index in [1.165, 1.54) is 0 Å². The first-order chi connectivity index (χ1) is 11.9. The van der Waals surface area contributed by atoms with E-state index < -0.39 is 0 Å². The monoisotopic (exact) mass is 361 g/mol. The third-order valence-corrected chi connectivity index (χ3v) is 3.26. The van der Waals surface area contributed by atoms with E-state index in [4.69, 9.17) is 16.3 Å². The molecule has 2 rings (SSSR count). The summed E-state index contributed by atoms with van der Waals surface area (Å²) >= 11 is 5.79. The fourth-order valence-electron chi connectivity index (χ4n) is 1.98. The maximum Gasteiger partial charge on any atom is 0.319 e. The Kier molecular flexibility index (Phi) is 6.65. The van der Waals surface area contributed by atoms with Crippen LogP contribution in [0.25, 0.3) is 0 Å². The molecule has 0 aromatic heterocycles. The van der Waals surface area contributed by atoms with E-state index in [2.05, 4.69) is 16.0 Å². The summed E-state index contributed by atoms with van der Waals surface area (Å²) in [5.74, 6) is 0.249. The van der Waals surface area contributed by atoms with Crippen molar-refractivity contribution in [2.75, 3.05) is 17.2 Å². The van der Waals surface area contributed by atoms with E-state index >= 15 is 0 Å². The van der Waals surface area contributed by atoms with Crippen molar-refractivity contribution in [2.45, 2.75) is 19.9 Å². The molecule has 0 unspecified atom stereocenters. The Morgan fingerprint density at radius 1 is 1.04 bits per heavy atom. The van der Waals surface area contributed by atoms with Crippen molar-refractivity contribution in [3.05, 3.63) is 53.6 Å². The van der Waals surface area contributed by atoms with Gasteiger partial charge in [-0.3, -0.25) is 4.79 Å². The Morgan fingerprint density at radius 2 is 1.68 bits per heavy atom. The lowest BCUT2D eigenvalue weighted by molar-refractivity contribution is -0.118. The number of urea groups is 1. The molecule has 0 saturated heterocycles. The minimum atomic E-state index is -0.307. The molecule has 3 amide bonds. The summed E-state index contributed by atoms with van der Waals surface area (Å²) < 4.78 is 5.38. The van der Waals surface area contributed by atoms with Gasteiger partial charge in [0.2, 0.25) is 0 Å². The molecule has 0 heterocycles. The van der Waals surface area contributed by atoms with Gasteiger partial charge in [-0.25, -0.2) is 4.79 Å². The van der Waals surface area contributed by atoms with Gasteiger partial charge in [0.25, 0.3) is 5.91 Å². The van der Waals surface area contributed by atoms with Crippen molar-refractivity contribution in [2.24, 2.45) is 0 Å². The smallest absolute Gasteiger partial charge is 0.319 e. The molecule has 6 nitrogen and oxygen atoms in total. The van der Waals surface area contributed by atoms with E-state index in [0.29, 0.717) is 22.1 Å². The summed E-state index contributed by atoms with van der Waals surface area (Å²) in [5, 5.41) is 8.75. The molecule has 0 aliphatic rings. The zero-order chi connectivity index (χ0) is 18.2.